The van der Waals surface area contributed by atoms with E-state index in [2.05, 4.69) is 24.5 Å². The van der Waals surface area contributed by atoms with Crippen molar-refractivity contribution in [1.82, 2.24) is 5.32 Å². The maximum absolute atomic E-state index is 14.2. The zero-order valence-corrected chi connectivity index (χ0v) is 30.4. The number of carbonyl (C=O) groups is 4. The molecule has 45 heavy (non-hydrogen) atoms. The van der Waals surface area contributed by atoms with Crippen molar-refractivity contribution in [3.05, 3.63) is 64.2 Å². The minimum absolute atomic E-state index is 0.0278. The third-order valence-corrected chi connectivity index (χ3v) is 8.17. The lowest BCUT2D eigenvalue weighted by atomic mass is 9.71. The summed E-state index contributed by atoms with van der Waals surface area (Å²) in [4.78, 5) is 54.9. The second-order valence-electron chi connectivity index (χ2n) is 16.6. The molecule has 0 amide bonds. The standard InChI is InChI=1S/C39H58N2O4/c1-24(2)40-23-26-15-16-30(34(44)37(8,9)10)31(19-26)35(45)39(13,14)18-17-38(11,12)33(43)28-20-27(32(42)36(5,6)7)21-29(22-28)41-25(3)4/h15-16,19-22,24-25,40-41H,17-18,23H2,1-14H3. The van der Waals surface area contributed by atoms with E-state index >= 15 is 0 Å². The molecule has 0 aromatic heterocycles. The highest BCUT2D eigenvalue weighted by molar-refractivity contribution is 6.12. The van der Waals surface area contributed by atoms with Gasteiger partial charge in [0.1, 0.15) is 0 Å². The van der Waals surface area contributed by atoms with Crippen molar-refractivity contribution in [3.8, 4) is 0 Å². The molecule has 2 aromatic rings. The van der Waals surface area contributed by atoms with E-state index in [9.17, 15) is 19.2 Å². The molecule has 2 rings (SSSR count). The van der Waals surface area contributed by atoms with Crippen LogP contribution in [-0.4, -0.2) is 35.2 Å². The van der Waals surface area contributed by atoms with Crippen molar-refractivity contribution in [3.63, 3.8) is 0 Å². The van der Waals surface area contributed by atoms with Crippen LogP contribution in [0, 0.1) is 21.7 Å². The zero-order chi connectivity index (χ0) is 34.7. The Morgan fingerprint density at radius 3 is 1.53 bits per heavy atom. The van der Waals surface area contributed by atoms with Crippen LogP contribution in [0.1, 0.15) is 157 Å². The molecule has 0 unspecified atom stereocenters. The Labute approximate surface area is 272 Å². The summed E-state index contributed by atoms with van der Waals surface area (Å²) in [6.45, 7) is 27.6. The summed E-state index contributed by atoms with van der Waals surface area (Å²) in [7, 11) is 0. The van der Waals surface area contributed by atoms with Crippen LogP contribution in [0.3, 0.4) is 0 Å². The SMILES string of the molecule is CC(C)NCc1ccc(C(=O)C(C)(C)C)c(C(=O)C(C)(C)CCC(C)(C)C(=O)c2cc(NC(C)C)cc(C(=O)C(C)(C)C)c2)c1. The first kappa shape index (κ1) is 38.1. The first-order valence-corrected chi connectivity index (χ1v) is 16.3. The molecule has 2 aromatic carbocycles. The van der Waals surface area contributed by atoms with Crippen molar-refractivity contribution >= 4 is 28.8 Å². The summed E-state index contributed by atoms with van der Waals surface area (Å²) in [6.07, 6.45) is 0.895. The molecule has 0 aliphatic heterocycles. The van der Waals surface area contributed by atoms with Gasteiger partial charge in [0, 0.05) is 68.2 Å². The van der Waals surface area contributed by atoms with E-state index in [0.717, 1.165) is 11.3 Å². The quantitative estimate of drug-likeness (QED) is 0.205. The van der Waals surface area contributed by atoms with Crippen LogP contribution in [0.4, 0.5) is 5.69 Å². The van der Waals surface area contributed by atoms with Gasteiger partial charge in [0.15, 0.2) is 23.1 Å². The normalized spacial score (nSPS) is 12.9. The average molecular weight is 619 g/mol. The fourth-order valence-electron chi connectivity index (χ4n) is 5.16. The average Bonchev–Trinajstić information content (AvgIpc) is 2.91. The number of Topliss-reactive ketones (excluding diaryl/α,β-unsaturated/α-hetero) is 4. The predicted octanol–water partition coefficient (Wildman–Crippen LogP) is 9.36. The first-order valence-electron chi connectivity index (χ1n) is 16.3. The second-order valence-corrected chi connectivity index (χ2v) is 16.6. The molecule has 0 bridgehead atoms. The number of hydrogen-bond acceptors (Lipinski definition) is 6. The summed E-state index contributed by atoms with van der Waals surface area (Å²) in [6, 6.07) is 11.3. The molecule has 0 aliphatic carbocycles. The van der Waals surface area contributed by atoms with Gasteiger partial charge < -0.3 is 10.6 Å². The van der Waals surface area contributed by atoms with Crippen molar-refractivity contribution in [2.24, 2.45) is 21.7 Å². The molecule has 2 N–H and O–H groups in total. The summed E-state index contributed by atoms with van der Waals surface area (Å²) >= 11 is 0. The molecular weight excluding hydrogens is 560 g/mol. The summed E-state index contributed by atoms with van der Waals surface area (Å²) in [5, 5.41) is 6.74. The first-order chi connectivity index (χ1) is 20.4. The molecule has 0 fully saturated rings. The van der Waals surface area contributed by atoms with Gasteiger partial charge in [-0.2, -0.15) is 0 Å². The lowest BCUT2D eigenvalue weighted by molar-refractivity contribution is 0.0737. The van der Waals surface area contributed by atoms with Crippen LogP contribution < -0.4 is 10.6 Å². The summed E-state index contributed by atoms with van der Waals surface area (Å²) in [5.74, 6) is -0.284. The molecular formula is C39H58N2O4. The Kier molecular flexibility index (Phi) is 11.9. The van der Waals surface area contributed by atoms with Gasteiger partial charge in [-0.15, -0.1) is 0 Å². The molecule has 0 atom stereocenters. The van der Waals surface area contributed by atoms with Crippen LogP contribution in [0.5, 0.6) is 0 Å². The van der Waals surface area contributed by atoms with E-state index in [1.807, 2.05) is 107 Å². The van der Waals surface area contributed by atoms with Crippen LogP contribution >= 0.6 is 0 Å². The van der Waals surface area contributed by atoms with E-state index in [4.69, 9.17) is 0 Å². The molecule has 0 saturated carbocycles. The fraction of sp³-hybridized carbons (Fsp3) is 0.590. The van der Waals surface area contributed by atoms with Crippen LogP contribution in [0.15, 0.2) is 36.4 Å². The van der Waals surface area contributed by atoms with E-state index in [0.29, 0.717) is 41.6 Å². The molecule has 0 radical (unpaired) electrons. The fourth-order valence-corrected chi connectivity index (χ4v) is 5.16. The molecule has 248 valence electrons. The van der Waals surface area contributed by atoms with Crippen molar-refractivity contribution < 1.29 is 19.2 Å². The lowest BCUT2D eigenvalue weighted by Gasteiger charge is -2.31. The molecule has 0 aliphatic rings. The maximum atomic E-state index is 14.2. The van der Waals surface area contributed by atoms with Gasteiger partial charge >= 0.3 is 0 Å². The van der Waals surface area contributed by atoms with Gasteiger partial charge in [0.25, 0.3) is 0 Å². The van der Waals surface area contributed by atoms with Crippen LogP contribution in [0.2, 0.25) is 0 Å². The molecule has 6 heteroatoms. The number of hydrogen-bond donors (Lipinski definition) is 2. The number of ketones is 4. The largest absolute Gasteiger partial charge is 0.383 e. The molecule has 0 saturated heterocycles. The number of rotatable bonds is 14. The Balaban J connectivity index is 2.44. The predicted molar refractivity (Wildman–Crippen MR) is 187 cm³/mol. The summed E-state index contributed by atoms with van der Waals surface area (Å²) in [5.41, 5.74) is 0.670. The van der Waals surface area contributed by atoms with E-state index in [-0.39, 0.29) is 35.2 Å². The Bertz CT molecular complexity index is 1420. The number of carbonyl (C=O) groups excluding carboxylic acids is 4. The number of benzene rings is 2. The monoisotopic (exact) mass is 618 g/mol. The minimum atomic E-state index is -0.830. The van der Waals surface area contributed by atoms with E-state index in [1.165, 1.54) is 0 Å². The molecule has 0 heterocycles. The Hall–Kier alpha value is -3.12. The van der Waals surface area contributed by atoms with Gasteiger partial charge in [-0.3, -0.25) is 19.2 Å². The smallest absolute Gasteiger partial charge is 0.169 e. The third kappa shape index (κ3) is 10.2. The van der Waals surface area contributed by atoms with Crippen molar-refractivity contribution in [2.75, 3.05) is 5.32 Å². The highest BCUT2D eigenvalue weighted by atomic mass is 16.1. The molecule has 6 nitrogen and oxygen atoms in total. The minimum Gasteiger partial charge on any atom is -0.383 e. The number of anilines is 1. The Morgan fingerprint density at radius 1 is 0.578 bits per heavy atom. The van der Waals surface area contributed by atoms with Crippen molar-refractivity contribution in [2.45, 2.75) is 128 Å². The molecule has 0 spiro atoms. The van der Waals surface area contributed by atoms with Crippen LogP contribution in [-0.2, 0) is 6.54 Å². The topological polar surface area (TPSA) is 92.3 Å². The lowest BCUT2D eigenvalue weighted by Crippen LogP contribution is -2.32. The van der Waals surface area contributed by atoms with Gasteiger partial charge in [0.05, 0.1) is 0 Å². The zero-order valence-electron chi connectivity index (χ0n) is 30.4. The van der Waals surface area contributed by atoms with Gasteiger partial charge in [-0.05, 0) is 56.5 Å². The second kappa shape index (κ2) is 14.1. The highest BCUT2D eigenvalue weighted by Gasteiger charge is 2.38. The van der Waals surface area contributed by atoms with Crippen LogP contribution in [0.25, 0.3) is 0 Å². The van der Waals surface area contributed by atoms with Gasteiger partial charge in [-0.25, -0.2) is 0 Å². The maximum Gasteiger partial charge on any atom is 0.169 e. The number of nitrogens with one attached hydrogen (secondary N) is 2. The van der Waals surface area contributed by atoms with Gasteiger partial charge in [-0.1, -0.05) is 95.2 Å². The third-order valence-electron chi connectivity index (χ3n) is 8.17. The van der Waals surface area contributed by atoms with E-state index in [1.54, 1.807) is 12.1 Å². The van der Waals surface area contributed by atoms with E-state index < -0.39 is 21.7 Å². The van der Waals surface area contributed by atoms with Gasteiger partial charge in [0.2, 0.25) is 0 Å². The Morgan fingerprint density at radius 2 is 1.07 bits per heavy atom. The van der Waals surface area contributed by atoms with Crippen molar-refractivity contribution in [1.29, 1.82) is 0 Å². The highest BCUT2D eigenvalue weighted by Crippen LogP contribution is 2.38. The summed E-state index contributed by atoms with van der Waals surface area (Å²) < 4.78 is 0.